The number of unbranched alkanes of at least 4 members (excludes halogenated alkanes) is 11. The molecule has 0 aromatic rings. The van der Waals surface area contributed by atoms with Crippen molar-refractivity contribution in [3.05, 3.63) is 0 Å². The third-order valence-corrected chi connectivity index (χ3v) is 6.92. The topological polar surface area (TPSA) is 9.72 Å². The lowest BCUT2D eigenvalue weighted by Crippen LogP contribution is -2.56. The van der Waals surface area contributed by atoms with Gasteiger partial charge in [0.05, 0.1) is 20.0 Å². The lowest BCUT2D eigenvalue weighted by atomic mass is 9.99. The van der Waals surface area contributed by atoms with Gasteiger partial charge in [-0.25, -0.2) is 0 Å². The van der Waals surface area contributed by atoms with Crippen molar-refractivity contribution in [3.63, 3.8) is 0 Å². The van der Waals surface area contributed by atoms with E-state index in [0.29, 0.717) is 0 Å². The maximum atomic E-state index is 2.77. The fourth-order valence-electron chi connectivity index (χ4n) is 4.89. The molecule has 0 saturated carbocycles. The third kappa shape index (κ3) is 14.0. The predicted octanol–water partition coefficient (Wildman–Crippen LogP) is 7.72. The van der Waals surface area contributed by atoms with Crippen molar-refractivity contribution in [2.45, 2.75) is 130 Å². The summed E-state index contributed by atoms with van der Waals surface area (Å²) in [4.78, 5) is 8.25. The maximum absolute atomic E-state index is 2.77. The van der Waals surface area contributed by atoms with E-state index in [1.807, 2.05) is 0 Å². The van der Waals surface area contributed by atoms with Crippen LogP contribution in [0.5, 0.6) is 0 Å². The fraction of sp³-hybridized carbons (Fsp3) is 1.00. The van der Waals surface area contributed by atoms with E-state index in [2.05, 4.69) is 42.4 Å². The molecule has 30 heavy (non-hydrogen) atoms. The summed E-state index contributed by atoms with van der Waals surface area (Å²) in [7, 11) is 0. The van der Waals surface area contributed by atoms with E-state index in [0.717, 1.165) is 5.92 Å². The minimum Gasteiger partial charge on any atom is -0.277 e. The molecule has 3 nitrogen and oxygen atoms in total. The number of nitrogens with zero attached hydrogens (tertiary/aromatic N) is 3. The molecule has 1 aliphatic rings. The van der Waals surface area contributed by atoms with Crippen LogP contribution in [0, 0.1) is 5.92 Å². The minimum atomic E-state index is 0.884. The monoisotopic (exact) mass is 423 g/mol. The Labute approximate surface area is 191 Å². The second-order valence-electron chi connectivity index (χ2n) is 10.0. The van der Waals surface area contributed by atoms with Crippen LogP contribution in [0.1, 0.15) is 130 Å². The van der Waals surface area contributed by atoms with Crippen LogP contribution in [0.4, 0.5) is 0 Å². The highest BCUT2D eigenvalue weighted by atomic mass is 15.5. The van der Waals surface area contributed by atoms with Gasteiger partial charge in [-0.05, 0) is 25.2 Å². The highest BCUT2D eigenvalue weighted by Gasteiger charge is 2.24. The summed E-state index contributed by atoms with van der Waals surface area (Å²) in [5.74, 6) is 0.884. The average Bonchev–Trinajstić information content (AvgIpc) is 2.76. The Bertz CT molecular complexity index is 336. The normalized spacial score (nSPS) is 17.6. The molecule has 0 aliphatic carbocycles. The molecule has 0 amide bonds. The molecule has 1 saturated heterocycles. The average molecular weight is 424 g/mol. The molecule has 0 radical (unpaired) electrons. The van der Waals surface area contributed by atoms with Gasteiger partial charge in [0, 0.05) is 19.6 Å². The Hall–Kier alpha value is -0.120. The Morgan fingerprint density at radius 1 is 0.500 bits per heavy atom. The van der Waals surface area contributed by atoms with Crippen molar-refractivity contribution in [3.8, 4) is 0 Å². The molecule has 1 aliphatic heterocycles. The molecule has 1 unspecified atom stereocenters. The smallest absolute Gasteiger partial charge is 0.0530 e. The van der Waals surface area contributed by atoms with Crippen LogP contribution in [0.25, 0.3) is 0 Å². The molecule has 1 atom stereocenters. The second-order valence-corrected chi connectivity index (χ2v) is 10.0. The van der Waals surface area contributed by atoms with Crippen LogP contribution < -0.4 is 0 Å². The standard InChI is InChI=1S/C27H57N3/c1-5-9-12-14-16-18-21-28-24-29(22-19-17-15-13-10-6-2)26-30(25-28)23-27(8-4)20-11-7-3/h27H,5-26H2,1-4H3. The van der Waals surface area contributed by atoms with E-state index in [9.17, 15) is 0 Å². The molecule has 0 bridgehead atoms. The van der Waals surface area contributed by atoms with Gasteiger partial charge in [-0.2, -0.15) is 0 Å². The molecule has 0 aromatic carbocycles. The van der Waals surface area contributed by atoms with Crippen LogP contribution in [0.15, 0.2) is 0 Å². The third-order valence-electron chi connectivity index (χ3n) is 6.92. The van der Waals surface area contributed by atoms with Crippen molar-refractivity contribution >= 4 is 0 Å². The lowest BCUT2D eigenvalue weighted by Gasteiger charge is -2.43. The summed E-state index contributed by atoms with van der Waals surface area (Å²) >= 11 is 0. The molecule has 180 valence electrons. The van der Waals surface area contributed by atoms with Crippen molar-refractivity contribution in [2.75, 3.05) is 39.6 Å². The van der Waals surface area contributed by atoms with Gasteiger partial charge in [0.2, 0.25) is 0 Å². The van der Waals surface area contributed by atoms with Crippen molar-refractivity contribution < 1.29 is 0 Å². The van der Waals surface area contributed by atoms with E-state index in [4.69, 9.17) is 0 Å². The lowest BCUT2D eigenvalue weighted by molar-refractivity contribution is -0.0379. The summed E-state index contributed by atoms with van der Waals surface area (Å²) in [5.41, 5.74) is 0. The molecular weight excluding hydrogens is 366 g/mol. The molecule has 1 fully saturated rings. The van der Waals surface area contributed by atoms with E-state index in [1.54, 1.807) is 0 Å². The zero-order valence-corrected chi connectivity index (χ0v) is 21.5. The molecule has 1 heterocycles. The zero-order valence-electron chi connectivity index (χ0n) is 21.5. The first kappa shape index (κ1) is 27.9. The summed E-state index contributed by atoms with van der Waals surface area (Å²) in [6.45, 7) is 16.8. The van der Waals surface area contributed by atoms with Crippen LogP contribution in [0.2, 0.25) is 0 Å². The first-order chi connectivity index (χ1) is 14.7. The molecule has 0 aromatic heterocycles. The largest absolute Gasteiger partial charge is 0.277 e. The quantitative estimate of drug-likeness (QED) is 0.186. The first-order valence-electron chi connectivity index (χ1n) is 13.9. The van der Waals surface area contributed by atoms with Crippen LogP contribution in [0.3, 0.4) is 0 Å². The Morgan fingerprint density at radius 2 is 0.933 bits per heavy atom. The number of rotatable bonds is 20. The van der Waals surface area contributed by atoms with Gasteiger partial charge in [-0.1, -0.05) is 111 Å². The zero-order chi connectivity index (χ0) is 21.9. The molecule has 0 spiro atoms. The summed E-state index contributed by atoms with van der Waals surface area (Å²) in [6.07, 6.45) is 22.4. The summed E-state index contributed by atoms with van der Waals surface area (Å²) in [6, 6.07) is 0. The van der Waals surface area contributed by atoms with Gasteiger partial charge in [0.1, 0.15) is 0 Å². The first-order valence-corrected chi connectivity index (χ1v) is 13.9. The van der Waals surface area contributed by atoms with Crippen LogP contribution in [-0.4, -0.2) is 54.3 Å². The van der Waals surface area contributed by atoms with Gasteiger partial charge in [-0.15, -0.1) is 0 Å². The van der Waals surface area contributed by atoms with Gasteiger partial charge in [0.15, 0.2) is 0 Å². The fourth-order valence-corrected chi connectivity index (χ4v) is 4.89. The molecule has 3 heteroatoms. The van der Waals surface area contributed by atoms with Crippen molar-refractivity contribution in [1.82, 2.24) is 14.7 Å². The van der Waals surface area contributed by atoms with Crippen molar-refractivity contribution in [2.24, 2.45) is 5.92 Å². The van der Waals surface area contributed by atoms with Crippen LogP contribution in [-0.2, 0) is 0 Å². The molecule has 0 N–H and O–H groups in total. The Kier molecular flexibility index (Phi) is 18.2. The van der Waals surface area contributed by atoms with E-state index in [-0.39, 0.29) is 0 Å². The maximum Gasteiger partial charge on any atom is 0.0530 e. The van der Waals surface area contributed by atoms with Gasteiger partial charge < -0.3 is 0 Å². The summed E-state index contributed by atoms with van der Waals surface area (Å²) in [5, 5.41) is 0. The predicted molar refractivity (Wildman–Crippen MR) is 135 cm³/mol. The van der Waals surface area contributed by atoms with Gasteiger partial charge in [-0.3, -0.25) is 14.7 Å². The minimum absolute atomic E-state index is 0.884. The molecular formula is C27H57N3. The van der Waals surface area contributed by atoms with Crippen LogP contribution >= 0.6 is 0 Å². The molecule has 1 rings (SSSR count). The van der Waals surface area contributed by atoms with E-state index >= 15 is 0 Å². The number of hydrogen-bond acceptors (Lipinski definition) is 3. The highest BCUT2D eigenvalue weighted by Crippen LogP contribution is 2.18. The number of hydrogen-bond donors (Lipinski definition) is 0. The van der Waals surface area contributed by atoms with Crippen molar-refractivity contribution in [1.29, 1.82) is 0 Å². The van der Waals surface area contributed by atoms with E-state index in [1.165, 1.54) is 142 Å². The van der Waals surface area contributed by atoms with E-state index < -0.39 is 0 Å². The van der Waals surface area contributed by atoms with Gasteiger partial charge in [0.25, 0.3) is 0 Å². The SMILES string of the molecule is CCCCCCCCN1CN(CCCCCCCC)CN(CC(CC)CCCC)C1. The van der Waals surface area contributed by atoms with Gasteiger partial charge >= 0.3 is 0 Å². The summed E-state index contributed by atoms with van der Waals surface area (Å²) < 4.78 is 0. The highest BCUT2D eigenvalue weighted by molar-refractivity contribution is 4.73. The Balaban J connectivity index is 2.43. The Morgan fingerprint density at radius 3 is 1.40 bits per heavy atom. The second kappa shape index (κ2) is 19.6.